The summed E-state index contributed by atoms with van der Waals surface area (Å²) in [4.78, 5) is 30.0. The minimum Gasteiger partial charge on any atom is -0.322 e. The summed E-state index contributed by atoms with van der Waals surface area (Å²) in [7, 11) is 0. The average molecular weight is 397 g/mol. The first-order chi connectivity index (χ1) is 13.5. The largest absolute Gasteiger partial charge is 0.322 e. The number of benzene rings is 2. The molecule has 0 saturated carbocycles. The molecule has 4 aromatic rings. The van der Waals surface area contributed by atoms with E-state index in [9.17, 15) is 18.4 Å². The predicted octanol–water partition coefficient (Wildman–Crippen LogP) is 4.04. The fourth-order valence-corrected chi connectivity index (χ4v) is 3.75. The van der Waals surface area contributed by atoms with E-state index in [-0.39, 0.29) is 17.8 Å². The van der Waals surface area contributed by atoms with Gasteiger partial charge in [0.1, 0.15) is 23.0 Å². The Kier molecular flexibility index (Phi) is 4.70. The standard InChI is InChI=1S/C20H13F2N3O2S/c21-13-6-7-16(15(22)8-13)24-17(26)9-25-11-23-19-18(20(25)27)14(10-28-19)12-4-2-1-3-5-12/h1-8,10-11H,9H2,(H,24,26). The molecule has 2 aromatic carbocycles. The van der Waals surface area contributed by atoms with E-state index in [2.05, 4.69) is 10.3 Å². The van der Waals surface area contributed by atoms with E-state index >= 15 is 0 Å². The Morgan fingerprint density at radius 1 is 1.14 bits per heavy atom. The molecule has 0 unspecified atom stereocenters. The number of carbonyl (C=O) groups excluding carboxylic acids is 1. The van der Waals surface area contributed by atoms with E-state index in [4.69, 9.17) is 0 Å². The molecule has 1 amide bonds. The second-order valence-corrected chi connectivity index (χ2v) is 6.90. The van der Waals surface area contributed by atoms with Crippen LogP contribution in [0.4, 0.5) is 14.5 Å². The lowest BCUT2D eigenvalue weighted by Crippen LogP contribution is -2.28. The summed E-state index contributed by atoms with van der Waals surface area (Å²) in [5.41, 5.74) is 1.11. The summed E-state index contributed by atoms with van der Waals surface area (Å²) in [6.07, 6.45) is 1.29. The van der Waals surface area contributed by atoms with Gasteiger partial charge in [0.2, 0.25) is 5.91 Å². The van der Waals surface area contributed by atoms with Gasteiger partial charge in [0.25, 0.3) is 5.56 Å². The summed E-state index contributed by atoms with van der Waals surface area (Å²) in [6.45, 7) is -0.345. The van der Waals surface area contributed by atoms with Crippen LogP contribution in [0.1, 0.15) is 0 Å². The molecule has 2 aromatic heterocycles. The number of halogens is 2. The summed E-state index contributed by atoms with van der Waals surface area (Å²) in [6, 6.07) is 12.2. The van der Waals surface area contributed by atoms with Gasteiger partial charge in [-0.1, -0.05) is 30.3 Å². The number of hydrogen-bond acceptors (Lipinski definition) is 4. The van der Waals surface area contributed by atoms with E-state index in [1.54, 1.807) is 0 Å². The van der Waals surface area contributed by atoms with Gasteiger partial charge in [-0.05, 0) is 17.7 Å². The Balaban J connectivity index is 1.65. The number of hydrogen-bond donors (Lipinski definition) is 1. The molecule has 0 aliphatic carbocycles. The average Bonchev–Trinajstić information content (AvgIpc) is 3.12. The van der Waals surface area contributed by atoms with Gasteiger partial charge < -0.3 is 5.32 Å². The third-order valence-electron chi connectivity index (χ3n) is 4.16. The maximum Gasteiger partial charge on any atom is 0.263 e. The molecule has 140 valence electrons. The number of aromatic nitrogens is 2. The third-order valence-corrected chi connectivity index (χ3v) is 5.05. The highest BCUT2D eigenvalue weighted by Crippen LogP contribution is 2.30. The molecule has 0 bridgehead atoms. The maximum absolute atomic E-state index is 13.7. The summed E-state index contributed by atoms with van der Waals surface area (Å²) in [5.74, 6) is -2.25. The molecule has 1 N–H and O–H groups in total. The molecule has 0 aliphatic rings. The molecular weight excluding hydrogens is 384 g/mol. The van der Waals surface area contributed by atoms with Crippen molar-refractivity contribution >= 4 is 33.1 Å². The number of amides is 1. The van der Waals surface area contributed by atoms with E-state index < -0.39 is 17.5 Å². The van der Waals surface area contributed by atoms with Gasteiger partial charge in [0.05, 0.1) is 17.4 Å². The van der Waals surface area contributed by atoms with Crippen LogP contribution in [-0.2, 0) is 11.3 Å². The van der Waals surface area contributed by atoms with Crippen molar-refractivity contribution in [2.45, 2.75) is 6.54 Å². The lowest BCUT2D eigenvalue weighted by molar-refractivity contribution is -0.116. The molecule has 0 fully saturated rings. The molecule has 8 heteroatoms. The van der Waals surface area contributed by atoms with Crippen molar-refractivity contribution in [3.8, 4) is 11.1 Å². The number of thiophene rings is 1. The fourth-order valence-electron chi connectivity index (χ4n) is 2.85. The van der Waals surface area contributed by atoms with Crippen molar-refractivity contribution in [3.63, 3.8) is 0 Å². The van der Waals surface area contributed by atoms with Gasteiger partial charge >= 0.3 is 0 Å². The molecule has 2 heterocycles. The Bertz CT molecular complexity index is 1240. The topological polar surface area (TPSA) is 64.0 Å². The van der Waals surface area contributed by atoms with Gasteiger partial charge in [-0.15, -0.1) is 11.3 Å². The van der Waals surface area contributed by atoms with E-state index in [1.165, 1.54) is 17.7 Å². The van der Waals surface area contributed by atoms with Gasteiger partial charge in [-0.2, -0.15) is 0 Å². The summed E-state index contributed by atoms with van der Waals surface area (Å²) < 4.78 is 27.8. The van der Waals surface area contributed by atoms with Crippen LogP contribution in [-0.4, -0.2) is 15.5 Å². The van der Waals surface area contributed by atoms with E-state index in [0.29, 0.717) is 16.3 Å². The molecule has 5 nitrogen and oxygen atoms in total. The first-order valence-corrected chi connectivity index (χ1v) is 9.18. The van der Waals surface area contributed by atoms with Gasteiger partial charge in [0, 0.05) is 17.0 Å². The smallest absolute Gasteiger partial charge is 0.263 e. The Morgan fingerprint density at radius 2 is 1.93 bits per heavy atom. The van der Waals surface area contributed by atoms with Crippen LogP contribution in [0.5, 0.6) is 0 Å². The highest BCUT2D eigenvalue weighted by atomic mass is 32.1. The third kappa shape index (κ3) is 3.41. The molecule has 28 heavy (non-hydrogen) atoms. The Hall–Kier alpha value is -3.39. The van der Waals surface area contributed by atoms with Gasteiger partial charge in [0.15, 0.2) is 0 Å². The number of carbonyl (C=O) groups is 1. The van der Waals surface area contributed by atoms with Crippen molar-refractivity contribution in [1.82, 2.24) is 9.55 Å². The molecule has 0 saturated heterocycles. The zero-order chi connectivity index (χ0) is 19.7. The molecule has 0 radical (unpaired) electrons. The summed E-state index contributed by atoms with van der Waals surface area (Å²) in [5, 5.41) is 4.62. The van der Waals surface area contributed by atoms with E-state index in [0.717, 1.165) is 27.8 Å². The Labute approximate surface area is 161 Å². The minimum atomic E-state index is -0.890. The highest BCUT2D eigenvalue weighted by Gasteiger charge is 2.15. The van der Waals surface area contributed by atoms with Crippen molar-refractivity contribution in [1.29, 1.82) is 0 Å². The minimum absolute atomic E-state index is 0.158. The number of nitrogens with zero attached hydrogens (tertiary/aromatic N) is 2. The van der Waals surface area contributed by atoms with Crippen LogP contribution in [0.2, 0.25) is 0 Å². The number of fused-ring (bicyclic) bond motifs is 1. The Morgan fingerprint density at radius 3 is 2.68 bits per heavy atom. The van der Waals surface area contributed by atoms with Crippen molar-refractivity contribution in [2.75, 3.05) is 5.32 Å². The van der Waals surface area contributed by atoms with Crippen LogP contribution >= 0.6 is 11.3 Å². The zero-order valence-electron chi connectivity index (χ0n) is 14.4. The quantitative estimate of drug-likeness (QED) is 0.565. The summed E-state index contributed by atoms with van der Waals surface area (Å²) >= 11 is 1.35. The van der Waals surface area contributed by atoms with Gasteiger partial charge in [-0.25, -0.2) is 13.8 Å². The predicted molar refractivity (Wildman–Crippen MR) is 104 cm³/mol. The first kappa shape index (κ1) is 18.0. The van der Waals surface area contributed by atoms with E-state index in [1.807, 2.05) is 35.7 Å². The van der Waals surface area contributed by atoms with Crippen LogP contribution in [0, 0.1) is 11.6 Å². The highest BCUT2D eigenvalue weighted by molar-refractivity contribution is 7.17. The normalized spacial score (nSPS) is 10.9. The number of anilines is 1. The number of nitrogens with one attached hydrogen (secondary N) is 1. The zero-order valence-corrected chi connectivity index (χ0v) is 15.2. The molecular formula is C20H13F2N3O2S. The second-order valence-electron chi connectivity index (χ2n) is 6.05. The van der Waals surface area contributed by atoms with Crippen molar-refractivity contribution < 1.29 is 13.6 Å². The van der Waals surface area contributed by atoms with Crippen LogP contribution in [0.3, 0.4) is 0 Å². The molecule has 0 spiro atoms. The van der Waals surface area contributed by atoms with Crippen LogP contribution in [0.25, 0.3) is 21.3 Å². The molecule has 0 atom stereocenters. The van der Waals surface area contributed by atoms with Crippen LogP contribution < -0.4 is 10.9 Å². The van der Waals surface area contributed by atoms with Crippen molar-refractivity contribution in [3.05, 3.63) is 82.2 Å². The fraction of sp³-hybridized carbons (Fsp3) is 0.0500. The first-order valence-electron chi connectivity index (χ1n) is 8.30. The second kappa shape index (κ2) is 7.32. The SMILES string of the molecule is O=C(Cn1cnc2scc(-c3ccccc3)c2c1=O)Nc1ccc(F)cc1F. The lowest BCUT2D eigenvalue weighted by atomic mass is 10.1. The molecule has 4 rings (SSSR count). The monoisotopic (exact) mass is 397 g/mol. The maximum atomic E-state index is 13.7. The van der Waals surface area contributed by atoms with Crippen LogP contribution in [0.15, 0.2) is 65.0 Å². The van der Waals surface area contributed by atoms with Crippen molar-refractivity contribution in [2.24, 2.45) is 0 Å². The molecule has 0 aliphatic heterocycles. The number of rotatable bonds is 4. The van der Waals surface area contributed by atoms with Gasteiger partial charge in [-0.3, -0.25) is 14.2 Å². The lowest BCUT2D eigenvalue weighted by Gasteiger charge is -2.08.